The molecule has 1 heterocycles. The number of carbonyl (C=O) groups is 1. The normalized spacial score (nSPS) is 13.0. The summed E-state index contributed by atoms with van der Waals surface area (Å²) in [5.74, 6) is -1.15. The molecule has 0 aliphatic rings. The molecular weight excluding hydrogens is 433 g/mol. The molecule has 0 amide bonds. The van der Waals surface area contributed by atoms with Crippen LogP contribution >= 0.6 is 0 Å². The van der Waals surface area contributed by atoms with Gasteiger partial charge < -0.3 is 5.11 Å². The van der Waals surface area contributed by atoms with E-state index in [0.717, 1.165) is 16.1 Å². The molecule has 0 saturated heterocycles. The van der Waals surface area contributed by atoms with Crippen molar-refractivity contribution in [1.29, 1.82) is 0 Å². The van der Waals surface area contributed by atoms with Crippen LogP contribution in [0.1, 0.15) is 57.2 Å². The Morgan fingerprint density at radius 1 is 1.19 bits per heavy atom. The van der Waals surface area contributed by atoms with Gasteiger partial charge in [0.15, 0.2) is 0 Å². The summed E-state index contributed by atoms with van der Waals surface area (Å²) in [6, 6.07) is 5.84. The minimum atomic E-state index is -3.57. The molecule has 1 aromatic carbocycles. The number of carboxylic acid groups (broad SMARTS) is 1. The van der Waals surface area contributed by atoms with Gasteiger partial charge in [-0.2, -0.15) is 0 Å². The van der Waals surface area contributed by atoms with E-state index >= 15 is 0 Å². The first-order valence-corrected chi connectivity index (χ1v) is 12.2. The Bertz CT molecular complexity index is 1080. The van der Waals surface area contributed by atoms with Crippen LogP contribution in [0.4, 0.5) is 10.3 Å². The van der Waals surface area contributed by atoms with Crippen molar-refractivity contribution in [1.82, 2.24) is 9.97 Å². The van der Waals surface area contributed by atoms with Crippen molar-refractivity contribution in [2.45, 2.75) is 46.0 Å². The summed E-state index contributed by atoms with van der Waals surface area (Å²) in [7, 11) is -2.18. The molecule has 1 aromatic heterocycles. The zero-order valence-corrected chi connectivity index (χ0v) is 19.9. The number of benzene rings is 1. The largest absolute Gasteiger partial charge is 0.481 e. The summed E-state index contributed by atoms with van der Waals surface area (Å²) < 4.78 is 38.7. The zero-order chi connectivity index (χ0) is 24.1. The number of nitrogens with zero attached hydrogens (tertiary/aromatic N) is 3. The van der Waals surface area contributed by atoms with Gasteiger partial charge in [-0.15, -0.1) is 0 Å². The molecule has 0 fully saturated rings. The quantitative estimate of drug-likeness (QED) is 0.548. The second kappa shape index (κ2) is 10.7. The predicted octanol–water partition coefficient (Wildman–Crippen LogP) is 4.71. The highest BCUT2D eigenvalue weighted by Gasteiger charge is 2.22. The topological polar surface area (TPSA) is 100 Å². The fourth-order valence-corrected chi connectivity index (χ4v) is 3.56. The molecule has 1 atom stereocenters. The molecule has 1 unspecified atom stereocenters. The van der Waals surface area contributed by atoms with Crippen molar-refractivity contribution in [3.05, 3.63) is 47.4 Å². The standard InChI is InChI=1S/C23H30FN3O4S/c1-15(2)21-19(9-7-6-8-16(3)14-20(28)29)22(17-10-12-18(24)13-11-17)26-23(25-21)27(4)32(5,30)31/h7,9-13,15-16H,6,8,14H2,1-5H3,(H,28,29)/b9-7+. The number of hydrogen-bond donors (Lipinski definition) is 1. The Balaban J connectivity index is 2.55. The van der Waals surface area contributed by atoms with Crippen LogP contribution in [0.25, 0.3) is 17.3 Å². The molecule has 0 aliphatic carbocycles. The lowest BCUT2D eigenvalue weighted by molar-refractivity contribution is -0.138. The van der Waals surface area contributed by atoms with Gasteiger partial charge in [-0.1, -0.05) is 32.9 Å². The molecule has 32 heavy (non-hydrogen) atoms. The van der Waals surface area contributed by atoms with Crippen LogP contribution in [0.15, 0.2) is 30.3 Å². The molecule has 7 nitrogen and oxygen atoms in total. The Hall–Kier alpha value is -2.81. The Morgan fingerprint density at radius 2 is 1.81 bits per heavy atom. The van der Waals surface area contributed by atoms with Gasteiger partial charge in [0.1, 0.15) is 5.82 Å². The van der Waals surface area contributed by atoms with E-state index in [1.807, 2.05) is 32.9 Å². The average molecular weight is 464 g/mol. The van der Waals surface area contributed by atoms with Crippen molar-refractivity contribution in [3.8, 4) is 11.3 Å². The van der Waals surface area contributed by atoms with Crippen molar-refractivity contribution >= 4 is 28.0 Å². The summed E-state index contributed by atoms with van der Waals surface area (Å²) in [6.45, 7) is 5.80. The van der Waals surface area contributed by atoms with Crippen LogP contribution < -0.4 is 4.31 Å². The fraction of sp³-hybridized carbons (Fsp3) is 0.435. The van der Waals surface area contributed by atoms with Crippen molar-refractivity contribution in [2.24, 2.45) is 5.92 Å². The Kier molecular flexibility index (Phi) is 8.49. The lowest BCUT2D eigenvalue weighted by Gasteiger charge is -2.20. The fourth-order valence-electron chi connectivity index (χ4n) is 3.18. The van der Waals surface area contributed by atoms with E-state index in [1.54, 1.807) is 12.1 Å². The lowest BCUT2D eigenvalue weighted by Crippen LogP contribution is -2.27. The van der Waals surface area contributed by atoms with Gasteiger partial charge in [0.2, 0.25) is 16.0 Å². The monoisotopic (exact) mass is 463 g/mol. The molecule has 0 saturated carbocycles. The maximum Gasteiger partial charge on any atom is 0.303 e. The minimum absolute atomic E-state index is 0.0329. The number of aromatic nitrogens is 2. The molecule has 2 aromatic rings. The predicted molar refractivity (Wildman–Crippen MR) is 124 cm³/mol. The molecule has 0 aliphatic heterocycles. The summed E-state index contributed by atoms with van der Waals surface area (Å²) in [4.78, 5) is 19.9. The van der Waals surface area contributed by atoms with Crippen LogP contribution in [-0.2, 0) is 14.8 Å². The maximum absolute atomic E-state index is 13.5. The molecule has 2 rings (SSSR count). The Morgan fingerprint density at radius 3 is 2.34 bits per heavy atom. The lowest BCUT2D eigenvalue weighted by atomic mass is 9.97. The molecule has 0 radical (unpaired) electrons. The third-order valence-electron chi connectivity index (χ3n) is 5.04. The van der Waals surface area contributed by atoms with E-state index in [2.05, 4.69) is 9.97 Å². The second-order valence-electron chi connectivity index (χ2n) is 8.25. The van der Waals surface area contributed by atoms with Gasteiger partial charge in [-0.25, -0.2) is 27.1 Å². The number of aliphatic carboxylic acids is 1. The number of carboxylic acids is 1. The molecular formula is C23H30FN3O4S. The second-order valence-corrected chi connectivity index (χ2v) is 10.3. The summed E-state index contributed by atoms with van der Waals surface area (Å²) in [6.07, 6.45) is 6.39. The molecule has 1 N–H and O–H groups in total. The summed E-state index contributed by atoms with van der Waals surface area (Å²) >= 11 is 0. The van der Waals surface area contributed by atoms with Crippen molar-refractivity contribution in [2.75, 3.05) is 17.6 Å². The summed E-state index contributed by atoms with van der Waals surface area (Å²) in [5, 5.41) is 8.92. The number of hydrogen-bond acceptors (Lipinski definition) is 5. The molecule has 174 valence electrons. The molecule has 0 bridgehead atoms. The number of anilines is 1. The van der Waals surface area contributed by atoms with Gasteiger partial charge in [0.25, 0.3) is 0 Å². The number of allylic oxidation sites excluding steroid dienone is 1. The van der Waals surface area contributed by atoms with Crippen molar-refractivity contribution in [3.63, 3.8) is 0 Å². The van der Waals surface area contributed by atoms with Gasteiger partial charge in [-0.3, -0.25) is 4.79 Å². The van der Waals surface area contributed by atoms with Crippen LogP contribution in [0, 0.1) is 11.7 Å². The number of rotatable bonds is 10. The molecule has 9 heteroatoms. The number of sulfonamides is 1. The average Bonchev–Trinajstić information content (AvgIpc) is 2.69. The first-order chi connectivity index (χ1) is 14.9. The Labute approximate surface area is 189 Å². The van der Waals surface area contributed by atoms with Gasteiger partial charge in [0, 0.05) is 24.6 Å². The van der Waals surface area contributed by atoms with Crippen LogP contribution in [0.3, 0.4) is 0 Å². The van der Waals surface area contributed by atoms with Crippen LogP contribution in [-0.4, -0.2) is 42.8 Å². The van der Waals surface area contributed by atoms with E-state index < -0.39 is 16.0 Å². The summed E-state index contributed by atoms with van der Waals surface area (Å²) in [5.41, 5.74) is 2.53. The van der Waals surface area contributed by atoms with Crippen molar-refractivity contribution < 1.29 is 22.7 Å². The van der Waals surface area contributed by atoms with E-state index in [1.165, 1.54) is 19.2 Å². The highest BCUT2D eigenvalue weighted by atomic mass is 32.2. The van der Waals surface area contributed by atoms with Crippen LogP contribution in [0.2, 0.25) is 0 Å². The first-order valence-electron chi connectivity index (χ1n) is 10.4. The third kappa shape index (κ3) is 6.85. The van der Waals surface area contributed by atoms with E-state index in [-0.39, 0.29) is 30.0 Å². The minimum Gasteiger partial charge on any atom is -0.481 e. The maximum atomic E-state index is 13.5. The van der Waals surface area contributed by atoms with Gasteiger partial charge >= 0.3 is 5.97 Å². The zero-order valence-electron chi connectivity index (χ0n) is 19.0. The highest BCUT2D eigenvalue weighted by molar-refractivity contribution is 7.92. The van der Waals surface area contributed by atoms with Gasteiger partial charge in [-0.05, 0) is 48.9 Å². The number of halogens is 1. The molecule has 0 spiro atoms. The van der Waals surface area contributed by atoms with Crippen LogP contribution in [0.5, 0.6) is 0 Å². The third-order valence-corrected chi connectivity index (χ3v) is 6.20. The smallest absolute Gasteiger partial charge is 0.303 e. The van der Waals surface area contributed by atoms with E-state index in [9.17, 15) is 17.6 Å². The highest BCUT2D eigenvalue weighted by Crippen LogP contribution is 2.31. The van der Waals surface area contributed by atoms with E-state index in [4.69, 9.17) is 5.11 Å². The SMILES string of the molecule is CC(CC/C=C/c1c(-c2ccc(F)cc2)nc(N(C)S(C)(=O)=O)nc1C(C)C)CC(=O)O. The van der Waals surface area contributed by atoms with E-state index in [0.29, 0.717) is 29.8 Å². The first kappa shape index (κ1) is 25.5. The van der Waals surface area contributed by atoms with Gasteiger partial charge in [0.05, 0.1) is 17.6 Å².